The van der Waals surface area contributed by atoms with E-state index in [0.29, 0.717) is 12.8 Å². The molecule has 2 rings (SSSR count). The average molecular weight is 300 g/mol. The third kappa shape index (κ3) is 3.93. The zero-order valence-electron chi connectivity index (χ0n) is 12.4. The Morgan fingerprint density at radius 1 is 1.19 bits per heavy atom. The topological polar surface area (TPSA) is 90.3 Å². The summed E-state index contributed by atoms with van der Waals surface area (Å²) in [4.78, 5) is 27.4. The summed E-state index contributed by atoms with van der Waals surface area (Å²) >= 11 is 0. The Bertz CT molecular complexity index is 382. The molecule has 0 radical (unpaired) electrons. The zero-order valence-corrected chi connectivity index (χ0v) is 12.4. The van der Waals surface area contributed by atoms with E-state index in [4.69, 9.17) is 9.84 Å². The maximum absolute atomic E-state index is 12.6. The van der Waals surface area contributed by atoms with Gasteiger partial charge in [-0.1, -0.05) is 0 Å². The number of carboxylic acids is 1. The van der Waals surface area contributed by atoms with Crippen LogP contribution in [-0.2, 0) is 14.3 Å². The Morgan fingerprint density at radius 2 is 1.81 bits per heavy atom. The summed E-state index contributed by atoms with van der Waals surface area (Å²) in [5.74, 6) is -1.19. The number of likely N-dealkylation sites (tertiary alicyclic amines) is 1. The summed E-state index contributed by atoms with van der Waals surface area (Å²) in [6.45, 7) is 2.03. The summed E-state index contributed by atoms with van der Waals surface area (Å²) < 4.78 is 5.34. The van der Waals surface area contributed by atoms with Gasteiger partial charge in [0, 0.05) is 12.6 Å². The number of carbonyl (C=O) groups excluding carboxylic acids is 1. The molecule has 2 aliphatic rings. The molecule has 7 heteroatoms. The minimum Gasteiger partial charge on any atom is -0.479 e. The normalized spacial score (nSPS) is 27.7. The van der Waals surface area contributed by atoms with Gasteiger partial charge in [0.25, 0.3) is 5.91 Å². The van der Waals surface area contributed by atoms with Gasteiger partial charge in [-0.2, -0.15) is 0 Å². The SMILES string of the molecule is CN1CCC(N(CCO)C(=O)C2CCC(C(=O)O)O2)CC1. The van der Waals surface area contributed by atoms with Gasteiger partial charge in [0.05, 0.1) is 6.61 Å². The molecule has 0 aromatic carbocycles. The fourth-order valence-electron chi connectivity index (χ4n) is 3.07. The summed E-state index contributed by atoms with van der Waals surface area (Å²) in [5.41, 5.74) is 0. The average Bonchev–Trinajstić information content (AvgIpc) is 2.95. The first kappa shape index (κ1) is 16.2. The lowest BCUT2D eigenvalue weighted by atomic mass is 10.0. The molecule has 2 saturated heterocycles. The van der Waals surface area contributed by atoms with Crippen molar-refractivity contribution in [1.82, 2.24) is 9.80 Å². The molecular weight excluding hydrogens is 276 g/mol. The molecule has 7 nitrogen and oxygen atoms in total. The molecule has 0 spiro atoms. The van der Waals surface area contributed by atoms with E-state index in [1.807, 2.05) is 7.05 Å². The van der Waals surface area contributed by atoms with Crippen LogP contribution in [0.2, 0.25) is 0 Å². The first-order valence-corrected chi connectivity index (χ1v) is 7.51. The number of piperidine rings is 1. The molecule has 0 aliphatic carbocycles. The fraction of sp³-hybridized carbons (Fsp3) is 0.857. The standard InChI is InChI=1S/C14H24N2O5/c1-15-6-4-10(5-7-15)16(8-9-17)13(18)11-2-3-12(21-11)14(19)20/h10-12,17H,2-9H2,1H3,(H,19,20). The van der Waals surface area contributed by atoms with Gasteiger partial charge >= 0.3 is 5.97 Å². The second-order valence-corrected chi connectivity index (χ2v) is 5.82. The number of ether oxygens (including phenoxy) is 1. The second-order valence-electron chi connectivity index (χ2n) is 5.82. The van der Waals surface area contributed by atoms with Crippen LogP contribution in [0.4, 0.5) is 0 Å². The maximum atomic E-state index is 12.6. The van der Waals surface area contributed by atoms with Gasteiger partial charge < -0.3 is 24.7 Å². The Morgan fingerprint density at radius 3 is 2.33 bits per heavy atom. The van der Waals surface area contributed by atoms with Crippen LogP contribution in [0.15, 0.2) is 0 Å². The van der Waals surface area contributed by atoms with Gasteiger partial charge in [-0.3, -0.25) is 4.79 Å². The highest BCUT2D eigenvalue weighted by Crippen LogP contribution is 2.24. The van der Waals surface area contributed by atoms with Crippen LogP contribution in [0.1, 0.15) is 25.7 Å². The Kier molecular flexibility index (Phi) is 5.55. The molecule has 2 N–H and O–H groups in total. The lowest BCUT2D eigenvalue weighted by Gasteiger charge is -2.38. The second kappa shape index (κ2) is 7.20. The van der Waals surface area contributed by atoms with Crippen molar-refractivity contribution in [3.8, 4) is 0 Å². The monoisotopic (exact) mass is 300 g/mol. The summed E-state index contributed by atoms with van der Waals surface area (Å²) in [6.07, 6.45) is 0.982. The lowest BCUT2D eigenvalue weighted by molar-refractivity contribution is -0.156. The Balaban J connectivity index is 1.97. The Hall–Kier alpha value is -1.18. The highest BCUT2D eigenvalue weighted by molar-refractivity contribution is 5.83. The summed E-state index contributed by atoms with van der Waals surface area (Å²) in [7, 11) is 2.05. The highest BCUT2D eigenvalue weighted by atomic mass is 16.5. The zero-order chi connectivity index (χ0) is 15.4. The number of carbonyl (C=O) groups is 2. The van der Waals surface area contributed by atoms with Crippen LogP contribution in [-0.4, -0.2) is 83.4 Å². The van der Waals surface area contributed by atoms with E-state index in [1.165, 1.54) is 0 Å². The minimum atomic E-state index is -1.02. The minimum absolute atomic E-state index is 0.0901. The number of rotatable bonds is 5. The van der Waals surface area contributed by atoms with Gasteiger partial charge in [0.15, 0.2) is 6.10 Å². The van der Waals surface area contributed by atoms with E-state index in [1.54, 1.807) is 4.90 Å². The van der Waals surface area contributed by atoms with Crippen molar-refractivity contribution in [2.45, 2.75) is 43.9 Å². The number of hydrogen-bond donors (Lipinski definition) is 2. The van der Waals surface area contributed by atoms with Gasteiger partial charge in [-0.25, -0.2) is 4.79 Å². The number of aliphatic hydroxyl groups excluding tert-OH is 1. The molecule has 0 bridgehead atoms. The summed E-state index contributed by atoms with van der Waals surface area (Å²) in [6, 6.07) is 0.105. The van der Waals surface area contributed by atoms with E-state index >= 15 is 0 Å². The molecule has 120 valence electrons. The van der Waals surface area contributed by atoms with Crippen molar-refractivity contribution in [2.24, 2.45) is 0 Å². The molecule has 2 atom stereocenters. The smallest absolute Gasteiger partial charge is 0.332 e. The van der Waals surface area contributed by atoms with Crippen molar-refractivity contribution in [3.05, 3.63) is 0 Å². The first-order chi connectivity index (χ1) is 10.0. The highest BCUT2D eigenvalue weighted by Gasteiger charge is 2.38. The van der Waals surface area contributed by atoms with Crippen molar-refractivity contribution in [1.29, 1.82) is 0 Å². The van der Waals surface area contributed by atoms with E-state index in [0.717, 1.165) is 25.9 Å². The van der Waals surface area contributed by atoms with Crippen molar-refractivity contribution >= 4 is 11.9 Å². The number of aliphatic carboxylic acids is 1. The van der Waals surface area contributed by atoms with Crippen LogP contribution in [0.3, 0.4) is 0 Å². The van der Waals surface area contributed by atoms with E-state index in [9.17, 15) is 14.7 Å². The number of hydrogen-bond acceptors (Lipinski definition) is 5. The lowest BCUT2D eigenvalue weighted by Crippen LogP contribution is -2.50. The van der Waals surface area contributed by atoms with Gasteiger partial charge in [0.2, 0.25) is 0 Å². The number of amides is 1. The van der Waals surface area contributed by atoms with Crippen LogP contribution in [0.5, 0.6) is 0 Å². The number of nitrogens with zero attached hydrogens (tertiary/aromatic N) is 2. The van der Waals surface area contributed by atoms with Crippen LogP contribution in [0.25, 0.3) is 0 Å². The molecule has 2 heterocycles. The largest absolute Gasteiger partial charge is 0.479 e. The quantitative estimate of drug-likeness (QED) is 0.714. The van der Waals surface area contributed by atoms with Gasteiger partial charge in [-0.15, -0.1) is 0 Å². The third-order valence-corrected chi connectivity index (χ3v) is 4.32. The van der Waals surface area contributed by atoms with E-state index in [2.05, 4.69) is 4.90 Å². The van der Waals surface area contributed by atoms with E-state index < -0.39 is 18.2 Å². The van der Waals surface area contributed by atoms with E-state index in [-0.39, 0.29) is 25.1 Å². The molecule has 2 unspecified atom stereocenters. The molecular formula is C14H24N2O5. The van der Waals surface area contributed by atoms with Gasteiger partial charge in [0.1, 0.15) is 6.10 Å². The van der Waals surface area contributed by atoms with Crippen molar-refractivity contribution < 1.29 is 24.5 Å². The molecule has 2 fully saturated rings. The van der Waals surface area contributed by atoms with Crippen molar-refractivity contribution in [2.75, 3.05) is 33.3 Å². The Labute approximate surface area is 124 Å². The molecule has 2 aliphatic heterocycles. The first-order valence-electron chi connectivity index (χ1n) is 7.51. The van der Waals surface area contributed by atoms with Gasteiger partial charge in [-0.05, 0) is 45.8 Å². The van der Waals surface area contributed by atoms with Crippen LogP contribution in [0, 0.1) is 0 Å². The maximum Gasteiger partial charge on any atom is 0.332 e. The molecule has 0 saturated carbocycles. The van der Waals surface area contributed by atoms with Crippen LogP contribution >= 0.6 is 0 Å². The molecule has 0 aromatic rings. The number of aliphatic hydroxyl groups is 1. The molecule has 21 heavy (non-hydrogen) atoms. The molecule has 1 amide bonds. The fourth-order valence-corrected chi connectivity index (χ4v) is 3.07. The van der Waals surface area contributed by atoms with Crippen molar-refractivity contribution in [3.63, 3.8) is 0 Å². The predicted molar refractivity (Wildman–Crippen MR) is 74.8 cm³/mol. The predicted octanol–water partition coefficient (Wildman–Crippen LogP) is -0.466. The molecule has 0 aromatic heterocycles. The number of carboxylic acid groups (broad SMARTS) is 1. The summed E-state index contributed by atoms with van der Waals surface area (Å²) in [5, 5.41) is 18.1. The third-order valence-electron chi connectivity index (χ3n) is 4.32. The van der Waals surface area contributed by atoms with Crippen LogP contribution < -0.4 is 0 Å².